The van der Waals surface area contributed by atoms with Crippen molar-refractivity contribution in [2.75, 3.05) is 35.4 Å². The minimum atomic E-state index is -1.71. The summed E-state index contributed by atoms with van der Waals surface area (Å²) in [7, 11) is 8.13. The van der Waals surface area contributed by atoms with Gasteiger partial charge < -0.3 is 26.4 Å². The van der Waals surface area contributed by atoms with E-state index in [0.29, 0.717) is 22.4 Å². The van der Waals surface area contributed by atoms with E-state index in [0.717, 1.165) is 0 Å². The van der Waals surface area contributed by atoms with Gasteiger partial charge in [-0.15, -0.1) is 0 Å². The molecule has 1 aliphatic rings. The predicted octanol–water partition coefficient (Wildman–Crippen LogP) is -0.736. The lowest BCUT2D eigenvalue weighted by atomic mass is 9.69. The first-order valence-electron chi connectivity index (χ1n) is 8.91. The molecule has 0 bridgehead atoms. The van der Waals surface area contributed by atoms with Gasteiger partial charge in [0.25, 0.3) is 0 Å². The van der Waals surface area contributed by atoms with Crippen molar-refractivity contribution in [2.24, 2.45) is 0 Å². The average molecular weight is 418 g/mol. The van der Waals surface area contributed by atoms with Crippen LogP contribution < -0.4 is 17.1 Å². The molecule has 0 saturated carbocycles. The summed E-state index contributed by atoms with van der Waals surface area (Å²) in [4.78, 5) is 40.4. The van der Waals surface area contributed by atoms with Gasteiger partial charge in [-0.1, -0.05) is 36.4 Å². The molecule has 1 unspecified atom stereocenters. The highest BCUT2D eigenvalue weighted by atomic mass is 35.5. The first-order chi connectivity index (χ1) is 13.2. The summed E-state index contributed by atoms with van der Waals surface area (Å²) in [6, 6.07) is 12.3. The Bertz CT molecular complexity index is 911. The lowest BCUT2D eigenvalue weighted by molar-refractivity contribution is -0.889. The van der Waals surface area contributed by atoms with E-state index in [1.54, 1.807) is 69.7 Å². The molecule has 0 N–H and O–H groups in total. The van der Waals surface area contributed by atoms with E-state index >= 15 is 0 Å². The van der Waals surface area contributed by atoms with Crippen LogP contribution in [0.5, 0.6) is 5.75 Å². The molecule has 0 fully saturated rings. The molecule has 1 aliphatic carbocycles. The number of Topliss-reactive ketones (excluding diaryl/α,β-unsaturated/α-hetero) is 2. The third kappa shape index (κ3) is 3.32. The van der Waals surface area contributed by atoms with Crippen molar-refractivity contribution in [3.05, 3.63) is 65.2 Å². The van der Waals surface area contributed by atoms with Crippen LogP contribution in [0.15, 0.2) is 48.5 Å². The van der Waals surface area contributed by atoms with Gasteiger partial charge in [0, 0.05) is 11.1 Å². The van der Waals surface area contributed by atoms with Crippen LogP contribution in [0, 0.1) is 0 Å². The molecular weight excluding hydrogens is 394 g/mol. The van der Waals surface area contributed by atoms with Gasteiger partial charge in [0.15, 0.2) is 17.0 Å². The molecule has 2 aromatic rings. The number of ether oxygens (including phenoxy) is 2. The van der Waals surface area contributed by atoms with E-state index < -0.39 is 17.4 Å². The molecule has 154 valence electrons. The number of methoxy groups -OCH3 is 2. The number of fused-ring (bicyclic) bond motifs is 1. The van der Waals surface area contributed by atoms with Crippen molar-refractivity contribution in [3.63, 3.8) is 0 Å². The Balaban J connectivity index is 0.00000300. The molecule has 29 heavy (non-hydrogen) atoms. The highest BCUT2D eigenvalue weighted by molar-refractivity contribution is 6.35. The first-order valence-corrected chi connectivity index (χ1v) is 8.91. The largest absolute Gasteiger partial charge is 1.00 e. The second-order valence-corrected chi connectivity index (χ2v) is 7.78. The van der Waals surface area contributed by atoms with Crippen LogP contribution in [0.2, 0.25) is 0 Å². The van der Waals surface area contributed by atoms with E-state index in [9.17, 15) is 14.4 Å². The molecule has 0 heterocycles. The molecule has 1 atom stereocenters. The Morgan fingerprint density at radius 2 is 1.38 bits per heavy atom. The van der Waals surface area contributed by atoms with Crippen LogP contribution in [0.4, 0.5) is 0 Å². The van der Waals surface area contributed by atoms with E-state index in [4.69, 9.17) is 9.47 Å². The highest BCUT2D eigenvalue weighted by Gasteiger charge is 2.66. The maximum Gasteiger partial charge on any atom is 0.366 e. The quantitative estimate of drug-likeness (QED) is 0.364. The number of nitrogens with zero attached hydrogens (tertiary/aromatic N) is 1. The van der Waals surface area contributed by atoms with Crippen molar-refractivity contribution in [1.82, 2.24) is 0 Å². The normalized spacial score (nSPS) is 15.9. The SMILES string of the molecule is COC(=O)C(C1(c2ccc(OC)cc2)C(=O)c2ccccc2C1=O)[N+](C)(C)C.[Cl-]. The third-order valence-electron chi connectivity index (χ3n) is 5.29. The smallest absolute Gasteiger partial charge is 0.366 e. The summed E-state index contributed by atoms with van der Waals surface area (Å²) in [5.74, 6) is -0.796. The van der Waals surface area contributed by atoms with Crippen LogP contribution in [0.25, 0.3) is 0 Å². The second kappa shape index (κ2) is 7.97. The fourth-order valence-corrected chi connectivity index (χ4v) is 4.11. The van der Waals surface area contributed by atoms with Gasteiger partial charge in [0.1, 0.15) is 5.75 Å². The molecule has 0 radical (unpaired) electrons. The van der Waals surface area contributed by atoms with Crippen molar-refractivity contribution < 1.29 is 40.7 Å². The number of esters is 1. The molecule has 2 aromatic carbocycles. The van der Waals surface area contributed by atoms with Crippen LogP contribution in [-0.4, -0.2) is 63.4 Å². The fourth-order valence-electron chi connectivity index (χ4n) is 4.11. The minimum absolute atomic E-state index is 0. The van der Waals surface area contributed by atoms with Crippen LogP contribution in [0.1, 0.15) is 26.3 Å². The highest BCUT2D eigenvalue weighted by Crippen LogP contribution is 2.45. The van der Waals surface area contributed by atoms with E-state index in [1.807, 2.05) is 0 Å². The van der Waals surface area contributed by atoms with Gasteiger partial charge >= 0.3 is 5.97 Å². The standard InChI is InChI=1S/C22H24NO5.ClH/c1-23(2,3)18(21(26)28-5)22(14-10-12-15(27-4)13-11-14)19(24)16-8-6-7-9-17(16)20(22)25;/h6-13,18H,1-5H3;1H/q+1;/p-1. The van der Waals surface area contributed by atoms with Gasteiger partial charge in [-0.25, -0.2) is 4.79 Å². The monoisotopic (exact) mass is 417 g/mol. The number of halogens is 1. The van der Waals surface area contributed by atoms with Crippen LogP contribution >= 0.6 is 0 Å². The van der Waals surface area contributed by atoms with Crippen molar-refractivity contribution in [1.29, 1.82) is 0 Å². The summed E-state index contributed by atoms with van der Waals surface area (Å²) in [5.41, 5.74) is -0.610. The van der Waals surface area contributed by atoms with Crippen molar-refractivity contribution in [2.45, 2.75) is 11.5 Å². The van der Waals surface area contributed by atoms with Gasteiger partial charge in [0.05, 0.1) is 35.4 Å². The summed E-state index contributed by atoms with van der Waals surface area (Å²) in [6.07, 6.45) is 0. The van der Waals surface area contributed by atoms with Crippen LogP contribution in [0.3, 0.4) is 0 Å². The van der Waals surface area contributed by atoms with Gasteiger partial charge in [0.2, 0.25) is 6.04 Å². The second-order valence-electron chi connectivity index (χ2n) is 7.78. The maximum absolute atomic E-state index is 13.7. The fraction of sp³-hybridized carbons (Fsp3) is 0.318. The number of rotatable bonds is 5. The summed E-state index contributed by atoms with van der Waals surface area (Å²) < 4.78 is 10.3. The summed E-state index contributed by atoms with van der Waals surface area (Å²) in [5, 5.41) is 0. The lowest BCUT2D eigenvalue weighted by Gasteiger charge is -2.41. The zero-order valence-corrected chi connectivity index (χ0v) is 17.8. The minimum Gasteiger partial charge on any atom is -1.00 e. The number of carbonyl (C=O) groups is 3. The Kier molecular flexibility index (Phi) is 6.21. The van der Waals surface area contributed by atoms with Crippen molar-refractivity contribution >= 4 is 17.5 Å². The predicted molar refractivity (Wildman–Crippen MR) is 104 cm³/mol. The maximum atomic E-state index is 13.7. The number of hydrogen-bond acceptors (Lipinski definition) is 5. The molecule has 0 aliphatic heterocycles. The zero-order valence-electron chi connectivity index (χ0n) is 17.1. The van der Waals surface area contributed by atoms with E-state index in [1.165, 1.54) is 14.2 Å². The molecule has 0 amide bonds. The molecular formula is C22H24ClNO5. The molecule has 0 saturated heterocycles. The Morgan fingerprint density at radius 3 is 1.76 bits per heavy atom. The van der Waals surface area contributed by atoms with Gasteiger partial charge in [-0.3, -0.25) is 9.59 Å². The molecule has 0 spiro atoms. The molecule has 6 nitrogen and oxygen atoms in total. The number of quaternary nitrogens is 1. The number of likely N-dealkylation sites (N-methyl/N-ethyl adjacent to an activating group) is 1. The number of carbonyl (C=O) groups excluding carboxylic acids is 3. The van der Waals surface area contributed by atoms with Gasteiger partial charge in [-0.05, 0) is 17.7 Å². The Hall–Kier alpha value is -2.70. The third-order valence-corrected chi connectivity index (χ3v) is 5.29. The zero-order chi connectivity index (χ0) is 20.7. The number of hydrogen-bond donors (Lipinski definition) is 0. The van der Waals surface area contributed by atoms with Crippen molar-refractivity contribution in [3.8, 4) is 5.75 Å². The average Bonchev–Trinajstić information content (AvgIpc) is 2.90. The number of benzene rings is 2. The first kappa shape index (κ1) is 22.6. The molecule has 0 aromatic heterocycles. The topological polar surface area (TPSA) is 69.7 Å². The Labute approximate surface area is 176 Å². The number of ketones is 2. The van der Waals surface area contributed by atoms with Gasteiger partial charge in [-0.2, -0.15) is 0 Å². The molecule has 7 heteroatoms. The molecule has 3 rings (SSSR count). The van der Waals surface area contributed by atoms with E-state index in [2.05, 4.69) is 0 Å². The Morgan fingerprint density at radius 1 is 0.897 bits per heavy atom. The van der Waals surface area contributed by atoms with E-state index in [-0.39, 0.29) is 28.5 Å². The van der Waals surface area contributed by atoms with Crippen LogP contribution in [-0.2, 0) is 14.9 Å². The lowest BCUT2D eigenvalue weighted by Crippen LogP contribution is -3.00. The summed E-state index contributed by atoms with van der Waals surface area (Å²) in [6.45, 7) is 0. The summed E-state index contributed by atoms with van der Waals surface area (Å²) >= 11 is 0.